The molecule has 0 fully saturated rings. The van der Waals surface area contributed by atoms with E-state index < -0.39 is 10.0 Å². The third-order valence-corrected chi connectivity index (χ3v) is 5.33. The number of sulfonamides is 1. The Labute approximate surface area is 147 Å². The first-order valence-electron chi connectivity index (χ1n) is 6.90. The average molecular weight is 385 g/mol. The molecule has 0 aliphatic heterocycles. The van der Waals surface area contributed by atoms with Crippen LogP contribution in [0.25, 0.3) is 4.96 Å². The third-order valence-electron chi connectivity index (χ3n) is 3.06. The van der Waals surface area contributed by atoms with Gasteiger partial charge >= 0.3 is 0 Å². The van der Waals surface area contributed by atoms with Crippen molar-refractivity contribution in [2.75, 3.05) is 6.61 Å². The van der Waals surface area contributed by atoms with Crippen molar-refractivity contribution in [1.82, 2.24) is 14.2 Å². The molecule has 0 radical (unpaired) electrons. The van der Waals surface area contributed by atoms with E-state index in [0.717, 1.165) is 0 Å². The first kappa shape index (κ1) is 16.7. The molecule has 0 atom stereocenters. The van der Waals surface area contributed by atoms with E-state index in [1.165, 1.54) is 29.7 Å². The van der Waals surface area contributed by atoms with Gasteiger partial charge in [0.15, 0.2) is 10.1 Å². The number of hydrogen-bond donors (Lipinski definition) is 1. The predicted octanol–water partition coefficient (Wildman–Crippen LogP) is 2.76. The van der Waals surface area contributed by atoms with Gasteiger partial charge in [-0.25, -0.2) is 9.82 Å². The van der Waals surface area contributed by atoms with Gasteiger partial charge in [0.25, 0.3) is 10.0 Å². The molecule has 0 saturated carbocycles. The van der Waals surface area contributed by atoms with Crippen molar-refractivity contribution in [3.05, 3.63) is 46.7 Å². The fourth-order valence-corrected chi connectivity index (χ4v) is 3.77. The van der Waals surface area contributed by atoms with Crippen LogP contribution in [0.3, 0.4) is 0 Å². The van der Waals surface area contributed by atoms with E-state index in [2.05, 4.69) is 14.9 Å². The molecule has 3 rings (SSSR count). The maximum absolute atomic E-state index is 12.2. The number of nitrogens with one attached hydrogen (secondary N) is 1. The van der Waals surface area contributed by atoms with Gasteiger partial charge in [-0.15, -0.1) is 11.3 Å². The number of nitrogens with zero attached hydrogens (tertiary/aromatic N) is 3. The second kappa shape index (κ2) is 6.80. The number of hydrogen-bond acceptors (Lipinski definition) is 6. The molecular formula is C14H13ClN4O3S2. The van der Waals surface area contributed by atoms with Gasteiger partial charge < -0.3 is 4.74 Å². The largest absolute Gasteiger partial charge is 0.494 e. The molecule has 0 aliphatic rings. The van der Waals surface area contributed by atoms with Gasteiger partial charge in [-0.2, -0.15) is 13.5 Å². The number of hydrazone groups is 1. The van der Waals surface area contributed by atoms with Crippen molar-refractivity contribution < 1.29 is 13.2 Å². The summed E-state index contributed by atoms with van der Waals surface area (Å²) in [7, 11) is -3.77. The van der Waals surface area contributed by atoms with Gasteiger partial charge in [0.1, 0.15) is 11.4 Å². The number of thiazole rings is 1. The zero-order valence-corrected chi connectivity index (χ0v) is 14.9. The van der Waals surface area contributed by atoms with E-state index >= 15 is 0 Å². The van der Waals surface area contributed by atoms with Gasteiger partial charge in [0.2, 0.25) is 0 Å². The van der Waals surface area contributed by atoms with Crippen LogP contribution >= 0.6 is 22.9 Å². The summed E-state index contributed by atoms with van der Waals surface area (Å²) in [5.41, 5.74) is 0.502. The number of imidazole rings is 1. The number of ether oxygens (including phenoxy) is 1. The maximum atomic E-state index is 12.2. The Bertz CT molecular complexity index is 977. The quantitative estimate of drug-likeness (QED) is 0.523. The summed E-state index contributed by atoms with van der Waals surface area (Å²) in [6, 6.07) is 6.08. The molecule has 1 aromatic carbocycles. The Kier molecular flexibility index (Phi) is 4.74. The van der Waals surface area contributed by atoms with Crippen LogP contribution in [0.4, 0.5) is 0 Å². The highest BCUT2D eigenvalue weighted by atomic mass is 35.5. The van der Waals surface area contributed by atoms with Gasteiger partial charge in [-0.05, 0) is 31.2 Å². The van der Waals surface area contributed by atoms with Gasteiger partial charge in [-0.3, -0.25) is 4.40 Å². The maximum Gasteiger partial charge on any atom is 0.276 e. The highest BCUT2D eigenvalue weighted by Crippen LogP contribution is 2.20. The predicted molar refractivity (Wildman–Crippen MR) is 93.6 cm³/mol. The highest BCUT2D eigenvalue weighted by Gasteiger charge is 2.13. The van der Waals surface area contributed by atoms with E-state index in [-0.39, 0.29) is 10.0 Å². The van der Waals surface area contributed by atoms with E-state index in [0.29, 0.717) is 23.0 Å². The molecule has 0 bridgehead atoms. The Morgan fingerprint density at radius 3 is 2.88 bits per heavy atom. The third kappa shape index (κ3) is 3.37. The average Bonchev–Trinajstić information content (AvgIpc) is 3.10. The lowest BCUT2D eigenvalue weighted by molar-refractivity contribution is 0.340. The zero-order chi connectivity index (χ0) is 17.2. The van der Waals surface area contributed by atoms with Crippen LogP contribution in [0.2, 0.25) is 5.15 Å². The van der Waals surface area contributed by atoms with Crippen molar-refractivity contribution in [3.63, 3.8) is 0 Å². The van der Waals surface area contributed by atoms with Crippen LogP contribution in [-0.4, -0.2) is 30.6 Å². The summed E-state index contributed by atoms with van der Waals surface area (Å²) in [6.45, 7) is 2.37. The lowest BCUT2D eigenvalue weighted by Gasteiger charge is -2.05. The molecule has 0 unspecified atom stereocenters. The Morgan fingerprint density at radius 1 is 1.42 bits per heavy atom. The zero-order valence-electron chi connectivity index (χ0n) is 12.5. The van der Waals surface area contributed by atoms with Gasteiger partial charge in [-0.1, -0.05) is 11.6 Å². The number of rotatable bonds is 6. The van der Waals surface area contributed by atoms with Crippen LogP contribution in [0.15, 0.2) is 45.8 Å². The number of halogens is 1. The summed E-state index contributed by atoms with van der Waals surface area (Å²) >= 11 is 7.43. The SMILES string of the molecule is CCOc1ccc(S(=O)(=O)N/N=C/c2c(Cl)nc3sccn23)cc1. The first-order chi connectivity index (χ1) is 11.5. The Balaban J connectivity index is 1.77. The summed E-state index contributed by atoms with van der Waals surface area (Å²) in [5.74, 6) is 0.603. The van der Waals surface area contributed by atoms with E-state index in [4.69, 9.17) is 16.3 Å². The molecule has 126 valence electrons. The van der Waals surface area contributed by atoms with Crippen molar-refractivity contribution in [1.29, 1.82) is 0 Å². The standard InChI is InChI=1S/C14H13ClN4O3S2/c1-2-22-10-3-5-11(6-4-10)24(20,21)18-16-9-12-13(15)17-14-19(12)7-8-23-14/h3-9,18H,2H2,1H3/b16-9+. The minimum atomic E-state index is -3.77. The van der Waals surface area contributed by atoms with Crippen molar-refractivity contribution in [2.45, 2.75) is 11.8 Å². The molecule has 1 N–H and O–H groups in total. The topological polar surface area (TPSA) is 85.1 Å². The molecule has 0 amide bonds. The smallest absolute Gasteiger partial charge is 0.276 e. The summed E-state index contributed by atoms with van der Waals surface area (Å²) in [5, 5.41) is 5.88. The molecule has 24 heavy (non-hydrogen) atoms. The van der Waals surface area contributed by atoms with E-state index in [9.17, 15) is 8.42 Å². The molecule has 7 nitrogen and oxygen atoms in total. The molecular weight excluding hydrogens is 372 g/mol. The highest BCUT2D eigenvalue weighted by molar-refractivity contribution is 7.89. The minimum absolute atomic E-state index is 0.0863. The van der Waals surface area contributed by atoms with E-state index in [1.807, 2.05) is 12.3 Å². The minimum Gasteiger partial charge on any atom is -0.494 e. The molecule has 10 heteroatoms. The molecule has 0 saturated heterocycles. The fraction of sp³-hybridized carbons (Fsp3) is 0.143. The monoisotopic (exact) mass is 384 g/mol. The molecule has 0 spiro atoms. The summed E-state index contributed by atoms with van der Waals surface area (Å²) in [6.07, 6.45) is 3.10. The van der Waals surface area contributed by atoms with Crippen LogP contribution in [-0.2, 0) is 10.0 Å². The Morgan fingerprint density at radius 2 is 2.17 bits per heavy atom. The first-order valence-corrected chi connectivity index (χ1v) is 9.64. The van der Waals surface area contributed by atoms with Crippen LogP contribution in [0.5, 0.6) is 5.75 Å². The van der Waals surface area contributed by atoms with Crippen LogP contribution in [0, 0.1) is 0 Å². The van der Waals surface area contributed by atoms with Crippen molar-refractivity contribution >= 4 is 44.1 Å². The summed E-state index contributed by atoms with van der Waals surface area (Å²) < 4.78 is 31.4. The Hall–Kier alpha value is -2.10. The lowest BCUT2D eigenvalue weighted by atomic mass is 10.3. The molecule has 0 aliphatic carbocycles. The molecule has 3 aromatic rings. The number of fused-ring (bicyclic) bond motifs is 1. The van der Waals surface area contributed by atoms with Crippen molar-refractivity contribution in [2.24, 2.45) is 5.10 Å². The van der Waals surface area contributed by atoms with E-state index in [1.54, 1.807) is 22.7 Å². The lowest BCUT2D eigenvalue weighted by Crippen LogP contribution is -2.18. The second-order valence-electron chi connectivity index (χ2n) is 4.60. The fourth-order valence-electron chi connectivity index (χ4n) is 1.98. The molecule has 2 heterocycles. The van der Waals surface area contributed by atoms with Crippen LogP contribution in [0.1, 0.15) is 12.6 Å². The van der Waals surface area contributed by atoms with Crippen LogP contribution < -0.4 is 9.57 Å². The van der Waals surface area contributed by atoms with Gasteiger partial charge in [0, 0.05) is 11.6 Å². The van der Waals surface area contributed by atoms with Crippen molar-refractivity contribution in [3.8, 4) is 5.75 Å². The van der Waals surface area contributed by atoms with Gasteiger partial charge in [0.05, 0.1) is 17.7 Å². The molecule has 2 aromatic heterocycles. The normalized spacial score (nSPS) is 12.1. The summed E-state index contributed by atoms with van der Waals surface area (Å²) in [4.78, 5) is 7.08. The number of benzene rings is 1. The second-order valence-corrected chi connectivity index (χ2v) is 7.49. The number of aromatic nitrogens is 2.